The number of anilines is 1. The smallest absolute Gasteiger partial charge is 0.240 e. The highest BCUT2D eigenvalue weighted by molar-refractivity contribution is 5.90. The third kappa shape index (κ3) is 5.85. The topological polar surface area (TPSA) is 70.4 Å². The van der Waals surface area contributed by atoms with Gasteiger partial charge in [0.05, 0.1) is 12.2 Å². The first-order valence-corrected chi connectivity index (χ1v) is 6.62. The molecule has 0 radical (unpaired) electrons. The summed E-state index contributed by atoms with van der Waals surface area (Å²) in [6.07, 6.45) is 1.01. The molecule has 0 saturated carbocycles. The Morgan fingerprint density at radius 2 is 2.26 bits per heavy atom. The second kappa shape index (κ2) is 7.91. The summed E-state index contributed by atoms with van der Waals surface area (Å²) in [4.78, 5) is 13.8. The number of hydrogen-bond donors (Lipinski definition) is 2. The van der Waals surface area contributed by atoms with E-state index >= 15 is 0 Å². The molecule has 1 heterocycles. The normalized spacial score (nSPS) is 11.3. The van der Waals surface area contributed by atoms with E-state index in [2.05, 4.69) is 15.8 Å². The zero-order valence-corrected chi connectivity index (χ0v) is 12.2. The monoisotopic (exact) mass is 268 g/mol. The van der Waals surface area contributed by atoms with Crippen LogP contribution in [0.2, 0.25) is 0 Å². The molecule has 2 N–H and O–H groups in total. The standard InChI is InChI=1S/C13H24N4O2/c1-10(2)11-8-13(19-16-11)15-12(18)9-17(4)7-5-6-14-3/h8,10,14H,5-7,9H2,1-4H3,(H,15,18). The molecule has 0 aliphatic carbocycles. The minimum atomic E-state index is -0.0848. The summed E-state index contributed by atoms with van der Waals surface area (Å²) < 4.78 is 5.07. The van der Waals surface area contributed by atoms with Crippen LogP contribution in [0.1, 0.15) is 31.9 Å². The molecular weight excluding hydrogens is 244 g/mol. The van der Waals surface area contributed by atoms with Crippen LogP contribution in [0.4, 0.5) is 5.88 Å². The third-order valence-corrected chi connectivity index (χ3v) is 2.76. The maximum Gasteiger partial charge on any atom is 0.240 e. The Morgan fingerprint density at radius 1 is 1.53 bits per heavy atom. The molecule has 0 unspecified atom stereocenters. The number of hydrogen-bond acceptors (Lipinski definition) is 5. The van der Waals surface area contributed by atoms with Gasteiger partial charge in [-0.25, -0.2) is 0 Å². The number of nitrogens with one attached hydrogen (secondary N) is 2. The zero-order valence-electron chi connectivity index (χ0n) is 12.2. The molecular formula is C13H24N4O2. The molecule has 108 valence electrons. The van der Waals surface area contributed by atoms with Crippen molar-refractivity contribution in [2.45, 2.75) is 26.2 Å². The van der Waals surface area contributed by atoms with Crippen LogP contribution < -0.4 is 10.6 Å². The summed E-state index contributed by atoms with van der Waals surface area (Å²) in [6, 6.07) is 1.77. The van der Waals surface area contributed by atoms with Crippen molar-refractivity contribution in [3.8, 4) is 0 Å². The van der Waals surface area contributed by atoms with Crippen molar-refractivity contribution in [2.75, 3.05) is 39.0 Å². The van der Waals surface area contributed by atoms with Crippen LogP contribution in [0.25, 0.3) is 0 Å². The lowest BCUT2D eigenvalue weighted by Gasteiger charge is -2.15. The van der Waals surface area contributed by atoms with E-state index < -0.39 is 0 Å². The van der Waals surface area contributed by atoms with Crippen molar-refractivity contribution in [3.05, 3.63) is 11.8 Å². The van der Waals surface area contributed by atoms with Gasteiger partial charge >= 0.3 is 0 Å². The highest BCUT2D eigenvalue weighted by Crippen LogP contribution is 2.17. The van der Waals surface area contributed by atoms with E-state index in [1.54, 1.807) is 6.07 Å². The molecule has 0 bridgehead atoms. The zero-order chi connectivity index (χ0) is 14.3. The fourth-order valence-corrected chi connectivity index (χ4v) is 1.65. The molecule has 6 heteroatoms. The molecule has 1 aromatic heterocycles. The molecule has 19 heavy (non-hydrogen) atoms. The fraction of sp³-hybridized carbons (Fsp3) is 0.692. The average molecular weight is 268 g/mol. The Balaban J connectivity index is 2.33. The highest BCUT2D eigenvalue weighted by Gasteiger charge is 2.11. The van der Waals surface area contributed by atoms with Crippen molar-refractivity contribution < 1.29 is 9.32 Å². The maximum absolute atomic E-state index is 11.8. The Morgan fingerprint density at radius 3 is 2.84 bits per heavy atom. The van der Waals surface area contributed by atoms with Crippen molar-refractivity contribution in [3.63, 3.8) is 0 Å². The van der Waals surface area contributed by atoms with Crippen LogP contribution in [0, 0.1) is 0 Å². The fourth-order valence-electron chi connectivity index (χ4n) is 1.65. The number of aromatic nitrogens is 1. The largest absolute Gasteiger partial charge is 0.338 e. The van der Waals surface area contributed by atoms with E-state index in [9.17, 15) is 4.79 Å². The molecule has 0 atom stereocenters. The van der Waals surface area contributed by atoms with E-state index in [0.29, 0.717) is 18.3 Å². The van der Waals surface area contributed by atoms with Crippen LogP contribution in [0.5, 0.6) is 0 Å². The van der Waals surface area contributed by atoms with Gasteiger partial charge in [0.2, 0.25) is 11.8 Å². The lowest BCUT2D eigenvalue weighted by molar-refractivity contribution is -0.117. The van der Waals surface area contributed by atoms with Crippen LogP contribution in [0.3, 0.4) is 0 Å². The van der Waals surface area contributed by atoms with E-state index in [0.717, 1.165) is 25.2 Å². The molecule has 0 aromatic carbocycles. The Hall–Kier alpha value is -1.40. The van der Waals surface area contributed by atoms with Crippen molar-refractivity contribution in [2.24, 2.45) is 0 Å². The third-order valence-electron chi connectivity index (χ3n) is 2.76. The SMILES string of the molecule is CNCCCN(C)CC(=O)Nc1cc(C(C)C)no1. The van der Waals surface area contributed by atoms with Gasteiger partial charge in [0, 0.05) is 6.07 Å². The van der Waals surface area contributed by atoms with Gasteiger partial charge in [0.25, 0.3) is 0 Å². The second-order valence-electron chi connectivity index (χ2n) is 5.01. The van der Waals surface area contributed by atoms with E-state index in [4.69, 9.17) is 4.52 Å². The Labute approximate surface area is 114 Å². The lowest BCUT2D eigenvalue weighted by Crippen LogP contribution is -2.31. The van der Waals surface area contributed by atoms with Gasteiger partial charge in [-0.1, -0.05) is 19.0 Å². The van der Waals surface area contributed by atoms with Crippen LogP contribution in [0.15, 0.2) is 10.6 Å². The molecule has 0 aliphatic heterocycles. The summed E-state index contributed by atoms with van der Waals surface area (Å²) in [7, 11) is 3.85. The first-order chi connectivity index (χ1) is 9.02. The Bertz CT molecular complexity index is 390. The molecule has 0 spiro atoms. The van der Waals surface area contributed by atoms with Crippen molar-refractivity contribution >= 4 is 11.8 Å². The quantitative estimate of drug-likeness (QED) is 0.695. The molecule has 1 aromatic rings. The van der Waals surface area contributed by atoms with Crippen molar-refractivity contribution in [1.29, 1.82) is 0 Å². The average Bonchev–Trinajstić information content (AvgIpc) is 2.77. The molecule has 0 saturated heterocycles. The van der Waals surface area contributed by atoms with Gasteiger partial charge in [-0.15, -0.1) is 0 Å². The van der Waals surface area contributed by atoms with E-state index in [1.165, 1.54) is 0 Å². The number of amides is 1. The van der Waals surface area contributed by atoms with Crippen molar-refractivity contribution in [1.82, 2.24) is 15.4 Å². The highest BCUT2D eigenvalue weighted by atomic mass is 16.5. The number of carbonyl (C=O) groups excluding carboxylic acids is 1. The number of nitrogens with zero attached hydrogens (tertiary/aromatic N) is 2. The predicted octanol–water partition coefficient (Wildman–Crippen LogP) is 1.28. The van der Waals surface area contributed by atoms with E-state index in [1.807, 2.05) is 32.8 Å². The lowest BCUT2D eigenvalue weighted by atomic mass is 10.1. The minimum absolute atomic E-state index is 0.0848. The first kappa shape index (κ1) is 15.7. The van der Waals surface area contributed by atoms with Gasteiger partial charge in [-0.3, -0.25) is 15.0 Å². The van der Waals surface area contributed by atoms with Crippen LogP contribution >= 0.6 is 0 Å². The summed E-state index contributed by atoms with van der Waals surface area (Å²) >= 11 is 0. The predicted molar refractivity (Wildman–Crippen MR) is 75.3 cm³/mol. The molecule has 1 rings (SSSR count). The molecule has 1 amide bonds. The van der Waals surface area contributed by atoms with E-state index in [-0.39, 0.29) is 5.91 Å². The summed E-state index contributed by atoms with van der Waals surface area (Å²) in [5.74, 6) is 0.620. The Kier molecular flexibility index (Phi) is 6.52. The molecule has 6 nitrogen and oxygen atoms in total. The van der Waals surface area contributed by atoms with Crippen LogP contribution in [-0.4, -0.2) is 49.7 Å². The second-order valence-corrected chi connectivity index (χ2v) is 5.01. The van der Waals surface area contributed by atoms with Gasteiger partial charge in [0.1, 0.15) is 0 Å². The maximum atomic E-state index is 11.8. The van der Waals surface area contributed by atoms with Crippen LogP contribution in [-0.2, 0) is 4.79 Å². The van der Waals surface area contributed by atoms with Gasteiger partial charge in [-0.2, -0.15) is 0 Å². The summed E-state index contributed by atoms with van der Waals surface area (Å²) in [5, 5.41) is 9.69. The summed E-state index contributed by atoms with van der Waals surface area (Å²) in [6.45, 7) is 6.23. The molecule has 0 aliphatic rings. The van der Waals surface area contributed by atoms with Gasteiger partial charge < -0.3 is 9.84 Å². The number of rotatable bonds is 8. The number of likely N-dealkylation sites (N-methyl/N-ethyl adjacent to an activating group) is 1. The van der Waals surface area contributed by atoms with Gasteiger partial charge in [0.15, 0.2) is 0 Å². The van der Waals surface area contributed by atoms with Gasteiger partial charge in [-0.05, 0) is 39.5 Å². The number of carbonyl (C=O) groups is 1. The first-order valence-electron chi connectivity index (χ1n) is 6.62. The molecule has 0 fully saturated rings. The minimum Gasteiger partial charge on any atom is -0.338 e. The summed E-state index contributed by atoms with van der Waals surface area (Å²) in [5.41, 5.74) is 0.845.